The average Bonchev–Trinajstić information content (AvgIpc) is 3.22. The van der Waals surface area contributed by atoms with E-state index in [4.69, 9.17) is 9.40 Å². The van der Waals surface area contributed by atoms with E-state index in [2.05, 4.69) is 34.1 Å². The van der Waals surface area contributed by atoms with E-state index in [0.29, 0.717) is 24.4 Å². The summed E-state index contributed by atoms with van der Waals surface area (Å²) >= 11 is 0. The van der Waals surface area contributed by atoms with Gasteiger partial charge in [-0.25, -0.2) is 9.97 Å². The van der Waals surface area contributed by atoms with Crippen molar-refractivity contribution in [1.82, 2.24) is 9.97 Å². The Labute approximate surface area is 151 Å². The van der Waals surface area contributed by atoms with E-state index in [-0.39, 0.29) is 11.7 Å². The Morgan fingerprint density at radius 2 is 1.96 bits per heavy atom. The van der Waals surface area contributed by atoms with Crippen LogP contribution in [0, 0.1) is 0 Å². The van der Waals surface area contributed by atoms with Crippen LogP contribution < -0.4 is 4.90 Å². The quantitative estimate of drug-likeness (QED) is 0.711. The van der Waals surface area contributed by atoms with Crippen LogP contribution in [0.2, 0.25) is 0 Å². The van der Waals surface area contributed by atoms with Gasteiger partial charge in [0.15, 0.2) is 5.78 Å². The zero-order valence-electron chi connectivity index (χ0n) is 14.4. The number of Topliss-reactive ketones (excluding diaryl/α,β-unsaturated/α-hetero) is 1. The largest absolute Gasteiger partial charge is 0.469 e. The SMILES string of the molecule is O=C1C[C@@H](c2ccco2)Cc2nc(N3CCc4ccccc4C3)ncc21. The molecule has 3 aromatic rings. The van der Waals surface area contributed by atoms with Gasteiger partial charge in [0.05, 0.1) is 17.5 Å². The lowest BCUT2D eigenvalue weighted by molar-refractivity contribution is 0.0958. The number of anilines is 1. The van der Waals surface area contributed by atoms with Gasteiger partial charge in [-0.3, -0.25) is 4.79 Å². The molecule has 2 aliphatic rings. The van der Waals surface area contributed by atoms with E-state index in [1.54, 1.807) is 12.5 Å². The highest BCUT2D eigenvalue weighted by Gasteiger charge is 2.30. The van der Waals surface area contributed by atoms with Gasteiger partial charge in [0, 0.05) is 38.0 Å². The lowest BCUT2D eigenvalue weighted by Gasteiger charge is -2.30. The fourth-order valence-electron chi connectivity index (χ4n) is 3.98. The first-order valence-electron chi connectivity index (χ1n) is 9.02. The fourth-order valence-corrected chi connectivity index (χ4v) is 3.98. The standard InChI is InChI=1S/C21H19N3O2/c25-19-11-16(20-6-3-9-26-20)10-18-17(19)12-22-21(23-18)24-8-7-14-4-1-2-5-15(14)13-24/h1-6,9,12,16H,7-8,10-11,13H2/t16-/m0/s1. The molecule has 0 spiro atoms. The molecule has 0 saturated heterocycles. The Kier molecular flexibility index (Phi) is 3.59. The maximum atomic E-state index is 12.5. The summed E-state index contributed by atoms with van der Waals surface area (Å²) in [5.41, 5.74) is 4.22. The van der Waals surface area contributed by atoms with Crippen LogP contribution in [-0.2, 0) is 19.4 Å². The first-order valence-corrected chi connectivity index (χ1v) is 9.02. The van der Waals surface area contributed by atoms with Gasteiger partial charge < -0.3 is 9.32 Å². The van der Waals surface area contributed by atoms with Crippen LogP contribution in [0.15, 0.2) is 53.3 Å². The van der Waals surface area contributed by atoms with E-state index in [9.17, 15) is 4.79 Å². The minimum atomic E-state index is 0.0647. The number of hydrogen-bond acceptors (Lipinski definition) is 5. The zero-order chi connectivity index (χ0) is 17.5. The van der Waals surface area contributed by atoms with Gasteiger partial charge in [-0.2, -0.15) is 0 Å². The van der Waals surface area contributed by atoms with Crippen LogP contribution in [0.1, 0.15) is 45.3 Å². The maximum Gasteiger partial charge on any atom is 0.225 e. The van der Waals surface area contributed by atoms with Crippen molar-refractivity contribution in [2.45, 2.75) is 31.7 Å². The lowest BCUT2D eigenvalue weighted by Crippen LogP contribution is -2.32. The van der Waals surface area contributed by atoms with Crippen molar-refractivity contribution in [2.75, 3.05) is 11.4 Å². The summed E-state index contributed by atoms with van der Waals surface area (Å²) < 4.78 is 5.52. The van der Waals surface area contributed by atoms with Gasteiger partial charge in [0.1, 0.15) is 5.76 Å². The molecule has 1 atom stereocenters. The number of rotatable bonds is 2. The molecule has 5 rings (SSSR count). The van der Waals surface area contributed by atoms with Gasteiger partial charge >= 0.3 is 0 Å². The number of carbonyl (C=O) groups is 1. The Morgan fingerprint density at radius 3 is 2.81 bits per heavy atom. The molecule has 5 heteroatoms. The first kappa shape index (κ1) is 15.3. The molecule has 0 saturated carbocycles. The number of furan rings is 1. The lowest BCUT2D eigenvalue weighted by atomic mass is 9.85. The fraction of sp³-hybridized carbons (Fsp3) is 0.286. The molecule has 0 unspecified atom stereocenters. The number of ketones is 1. The molecule has 0 fully saturated rings. The van der Waals surface area contributed by atoms with Crippen molar-refractivity contribution in [3.05, 3.63) is 77.0 Å². The molecule has 0 bridgehead atoms. The second-order valence-corrected chi connectivity index (χ2v) is 7.01. The second-order valence-electron chi connectivity index (χ2n) is 7.01. The summed E-state index contributed by atoms with van der Waals surface area (Å²) in [4.78, 5) is 24.0. The number of carbonyl (C=O) groups excluding carboxylic acids is 1. The number of hydrogen-bond donors (Lipinski definition) is 0. The maximum absolute atomic E-state index is 12.5. The second kappa shape index (κ2) is 6.09. The Bertz CT molecular complexity index is 965. The monoisotopic (exact) mass is 345 g/mol. The predicted molar refractivity (Wildman–Crippen MR) is 97.3 cm³/mol. The third kappa shape index (κ3) is 2.60. The van der Waals surface area contributed by atoms with Crippen LogP contribution in [-0.4, -0.2) is 22.3 Å². The van der Waals surface area contributed by atoms with Crippen molar-refractivity contribution in [3.8, 4) is 0 Å². The Balaban J connectivity index is 1.45. The summed E-state index contributed by atoms with van der Waals surface area (Å²) in [6.07, 6.45) is 5.53. The van der Waals surface area contributed by atoms with E-state index in [1.807, 2.05) is 12.1 Å². The Morgan fingerprint density at radius 1 is 1.08 bits per heavy atom. The summed E-state index contributed by atoms with van der Waals surface area (Å²) in [5, 5.41) is 0. The average molecular weight is 345 g/mol. The molecule has 0 radical (unpaired) electrons. The minimum Gasteiger partial charge on any atom is -0.469 e. The molecule has 5 nitrogen and oxygen atoms in total. The Hall–Kier alpha value is -2.95. The molecule has 1 aliphatic heterocycles. The molecule has 3 heterocycles. The van der Waals surface area contributed by atoms with Crippen LogP contribution in [0.5, 0.6) is 0 Å². The van der Waals surface area contributed by atoms with E-state index in [0.717, 1.165) is 31.0 Å². The van der Waals surface area contributed by atoms with Crippen molar-refractivity contribution in [1.29, 1.82) is 0 Å². The highest BCUT2D eigenvalue weighted by Crippen LogP contribution is 2.33. The third-order valence-corrected chi connectivity index (χ3v) is 5.39. The highest BCUT2D eigenvalue weighted by atomic mass is 16.3. The molecular formula is C21H19N3O2. The van der Waals surface area contributed by atoms with Crippen molar-refractivity contribution < 1.29 is 9.21 Å². The van der Waals surface area contributed by atoms with Crippen molar-refractivity contribution in [2.24, 2.45) is 0 Å². The van der Waals surface area contributed by atoms with E-state index >= 15 is 0 Å². The molecule has 0 amide bonds. The van der Waals surface area contributed by atoms with Crippen LogP contribution in [0.25, 0.3) is 0 Å². The smallest absolute Gasteiger partial charge is 0.225 e. The molecule has 1 aliphatic carbocycles. The molecular weight excluding hydrogens is 326 g/mol. The first-order chi connectivity index (χ1) is 12.8. The minimum absolute atomic E-state index is 0.0647. The van der Waals surface area contributed by atoms with Crippen LogP contribution in [0.3, 0.4) is 0 Å². The van der Waals surface area contributed by atoms with Crippen LogP contribution >= 0.6 is 0 Å². The van der Waals surface area contributed by atoms with Gasteiger partial charge in [-0.1, -0.05) is 24.3 Å². The topological polar surface area (TPSA) is 59.2 Å². The van der Waals surface area contributed by atoms with E-state index in [1.165, 1.54) is 11.1 Å². The summed E-state index contributed by atoms with van der Waals surface area (Å²) in [6.45, 7) is 1.70. The molecule has 2 aromatic heterocycles. The predicted octanol–water partition coefficient (Wildman–Crippen LogP) is 3.55. The van der Waals surface area contributed by atoms with Gasteiger partial charge in [-0.05, 0) is 29.7 Å². The summed E-state index contributed by atoms with van der Waals surface area (Å²) in [7, 11) is 0. The summed E-state index contributed by atoms with van der Waals surface area (Å²) in [5.74, 6) is 1.74. The number of nitrogens with zero attached hydrogens (tertiary/aromatic N) is 3. The van der Waals surface area contributed by atoms with Gasteiger partial charge in [0.25, 0.3) is 0 Å². The highest BCUT2D eigenvalue weighted by molar-refractivity contribution is 5.98. The summed E-state index contributed by atoms with van der Waals surface area (Å²) in [6, 6.07) is 12.3. The van der Waals surface area contributed by atoms with E-state index < -0.39 is 0 Å². The van der Waals surface area contributed by atoms with Crippen molar-refractivity contribution in [3.63, 3.8) is 0 Å². The molecule has 0 N–H and O–H groups in total. The number of benzene rings is 1. The molecule has 1 aromatic carbocycles. The normalized spacial score (nSPS) is 19.2. The number of aromatic nitrogens is 2. The van der Waals surface area contributed by atoms with Crippen LogP contribution in [0.4, 0.5) is 5.95 Å². The third-order valence-electron chi connectivity index (χ3n) is 5.39. The van der Waals surface area contributed by atoms with Gasteiger partial charge in [-0.15, -0.1) is 0 Å². The van der Waals surface area contributed by atoms with Crippen molar-refractivity contribution >= 4 is 11.7 Å². The number of fused-ring (bicyclic) bond motifs is 2. The molecule has 26 heavy (non-hydrogen) atoms. The van der Waals surface area contributed by atoms with Gasteiger partial charge in [0.2, 0.25) is 5.95 Å². The molecule has 130 valence electrons. The zero-order valence-corrected chi connectivity index (χ0v) is 14.4.